The normalized spacial score (nSPS) is 25.5. The average molecular weight is 438 g/mol. The number of halogens is 1. The lowest BCUT2D eigenvalue weighted by atomic mass is 9.99. The second kappa shape index (κ2) is 7.75. The Hall–Kier alpha value is -3.17. The zero-order chi connectivity index (χ0) is 22.6. The van der Waals surface area contributed by atoms with Crippen molar-refractivity contribution < 1.29 is 23.9 Å². The number of hydrogen-bond donors (Lipinski definition) is 2. The van der Waals surface area contributed by atoms with Crippen LogP contribution in [-0.2, 0) is 22.7 Å². The fourth-order valence-corrected chi connectivity index (χ4v) is 4.62. The molecule has 2 fully saturated rings. The molecule has 2 saturated heterocycles. The number of piperidine rings is 1. The van der Waals surface area contributed by atoms with Gasteiger partial charge in [-0.15, -0.1) is 0 Å². The third kappa shape index (κ3) is 3.37. The van der Waals surface area contributed by atoms with Crippen molar-refractivity contribution in [3.05, 3.63) is 53.0 Å². The first kappa shape index (κ1) is 20.7. The first-order valence-corrected chi connectivity index (χ1v) is 10.7. The molecule has 0 bridgehead atoms. The lowest BCUT2D eigenvalue weighted by Gasteiger charge is -2.43. The number of β-amino-alcohol motifs (C(OH)–C–C–N with tert-alkyl or cyclic N) is 1. The monoisotopic (exact) mass is 438 g/mol. The summed E-state index contributed by atoms with van der Waals surface area (Å²) in [5.74, 6) is -1.49. The maximum Gasteiger partial charge on any atom is 0.255 e. The number of nitrogens with zero attached hydrogens (tertiary/aromatic N) is 3. The number of imide groups is 1. The van der Waals surface area contributed by atoms with Crippen LogP contribution in [0.4, 0.5) is 4.39 Å². The van der Waals surface area contributed by atoms with Gasteiger partial charge in [-0.2, -0.15) is 0 Å². The number of aliphatic hydroxyl groups is 1. The van der Waals surface area contributed by atoms with Crippen molar-refractivity contribution in [2.45, 2.75) is 51.0 Å². The number of hydrogen-bond acceptors (Lipinski definition) is 6. The lowest BCUT2D eigenvalue weighted by molar-refractivity contribution is -0.136. The highest BCUT2D eigenvalue weighted by atomic mass is 19.1. The molecule has 0 aliphatic carbocycles. The van der Waals surface area contributed by atoms with Crippen LogP contribution in [0, 0.1) is 5.82 Å². The van der Waals surface area contributed by atoms with Gasteiger partial charge in [-0.1, -0.05) is 6.07 Å². The van der Waals surface area contributed by atoms with Gasteiger partial charge in [0.1, 0.15) is 11.7 Å². The van der Waals surface area contributed by atoms with Crippen molar-refractivity contribution in [2.75, 3.05) is 6.54 Å². The van der Waals surface area contributed by atoms with Crippen molar-refractivity contribution in [1.82, 2.24) is 20.1 Å². The summed E-state index contributed by atoms with van der Waals surface area (Å²) in [5.41, 5.74) is 2.42. The average Bonchev–Trinajstić information content (AvgIpc) is 3.10. The molecular weight excluding hydrogens is 415 g/mol. The SMILES string of the molecule is C[C@H]1[C@H](O)CN1Cc1ccnc(-c2ccc3c(c2)CN(C2CCC(=O)NC2=O)C3=O)c1F. The molecule has 0 spiro atoms. The van der Waals surface area contributed by atoms with Gasteiger partial charge < -0.3 is 10.0 Å². The lowest BCUT2D eigenvalue weighted by Crippen LogP contribution is -2.57. The van der Waals surface area contributed by atoms with Gasteiger partial charge in [0, 0.05) is 55.0 Å². The second-order valence-electron chi connectivity index (χ2n) is 8.64. The summed E-state index contributed by atoms with van der Waals surface area (Å²) < 4.78 is 15.3. The quantitative estimate of drug-likeness (QED) is 0.696. The minimum Gasteiger partial charge on any atom is -0.390 e. The van der Waals surface area contributed by atoms with E-state index >= 15 is 4.39 Å². The fraction of sp³-hybridized carbons (Fsp3) is 0.391. The third-order valence-electron chi connectivity index (χ3n) is 6.69. The van der Waals surface area contributed by atoms with E-state index in [4.69, 9.17) is 0 Å². The van der Waals surface area contributed by atoms with E-state index in [0.717, 1.165) is 0 Å². The number of rotatable bonds is 4. The molecule has 4 heterocycles. The number of carbonyl (C=O) groups excluding carboxylic acids is 3. The van der Waals surface area contributed by atoms with Crippen LogP contribution in [0.1, 0.15) is 41.3 Å². The number of aromatic nitrogens is 1. The van der Waals surface area contributed by atoms with Gasteiger partial charge in [0.05, 0.1) is 6.10 Å². The predicted molar refractivity (Wildman–Crippen MR) is 112 cm³/mol. The van der Waals surface area contributed by atoms with E-state index < -0.39 is 17.8 Å². The summed E-state index contributed by atoms with van der Waals surface area (Å²) >= 11 is 0. The zero-order valence-corrected chi connectivity index (χ0v) is 17.5. The van der Waals surface area contributed by atoms with Crippen LogP contribution < -0.4 is 5.32 Å². The van der Waals surface area contributed by atoms with Gasteiger partial charge in [0.25, 0.3) is 5.91 Å². The van der Waals surface area contributed by atoms with Crippen molar-refractivity contribution >= 4 is 17.7 Å². The van der Waals surface area contributed by atoms with Crippen molar-refractivity contribution in [3.8, 4) is 11.3 Å². The molecule has 32 heavy (non-hydrogen) atoms. The van der Waals surface area contributed by atoms with E-state index in [2.05, 4.69) is 10.3 Å². The molecule has 5 rings (SSSR count). The Balaban J connectivity index is 1.39. The molecule has 2 aromatic rings. The van der Waals surface area contributed by atoms with Gasteiger partial charge in [0.15, 0.2) is 5.82 Å². The molecule has 3 atom stereocenters. The Bertz CT molecular complexity index is 1140. The number of nitrogens with one attached hydrogen (secondary N) is 1. The molecule has 3 aliphatic rings. The Morgan fingerprint density at radius 3 is 2.78 bits per heavy atom. The molecule has 2 N–H and O–H groups in total. The summed E-state index contributed by atoms with van der Waals surface area (Å²) in [7, 11) is 0. The first-order chi connectivity index (χ1) is 15.3. The molecule has 1 aromatic carbocycles. The van der Waals surface area contributed by atoms with Gasteiger partial charge in [-0.25, -0.2) is 4.39 Å². The molecular formula is C23H23FN4O4. The van der Waals surface area contributed by atoms with Crippen LogP contribution in [0.5, 0.6) is 0 Å². The van der Waals surface area contributed by atoms with Crippen LogP contribution in [0.3, 0.4) is 0 Å². The molecule has 9 heteroatoms. The van der Waals surface area contributed by atoms with E-state index in [1.54, 1.807) is 30.5 Å². The van der Waals surface area contributed by atoms with Crippen molar-refractivity contribution in [2.24, 2.45) is 0 Å². The van der Waals surface area contributed by atoms with Crippen LogP contribution in [-0.4, -0.2) is 62.3 Å². The summed E-state index contributed by atoms with van der Waals surface area (Å²) in [4.78, 5) is 44.2. The molecule has 0 saturated carbocycles. The Morgan fingerprint density at radius 2 is 2.06 bits per heavy atom. The standard InChI is InChI=1S/C23H23FN4O4/c1-12-18(29)11-27(12)9-14-6-7-25-21(20(14)24)13-2-3-16-15(8-13)10-28(23(16)32)17-4-5-19(30)26-22(17)31/h2-3,6-8,12,17-18,29H,4-5,9-11H2,1H3,(H,26,30,31)/t12-,17?,18+/m0/s1. The summed E-state index contributed by atoms with van der Waals surface area (Å²) in [5, 5.41) is 12.0. The predicted octanol–water partition coefficient (Wildman–Crippen LogP) is 1.21. The first-order valence-electron chi connectivity index (χ1n) is 10.7. The highest BCUT2D eigenvalue weighted by molar-refractivity contribution is 6.05. The van der Waals surface area contributed by atoms with E-state index in [9.17, 15) is 19.5 Å². The van der Waals surface area contributed by atoms with Gasteiger partial charge in [-0.3, -0.25) is 29.6 Å². The number of pyridine rings is 1. The van der Waals surface area contributed by atoms with Crippen LogP contribution in [0.15, 0.2) is 30.5 Å². The summed E-state index contributed by atoms with van der Waals surface area (Å²) in [6.07, 6.45) is 1.65. The minimum atomic E-state index is -0.692. The molecule has 3 amide bonds. The summed E-state index contributed by atoms with van der Waals surface area (Å²) in [6.45, 7) is 3.01. The molecule has 3 aliphatic heterocycles. The topological polar surface area (TPSA) is 103 Å². The molecule has 8 nitrogen and oxygen atoms in total. The fourth-order valence-electron chi connectivity index (χ4n) is 4.62. The number of benzene rings is 1. The third-order valence-corrected chi connectivity index (χ3v) is 6.69. The van der Waals surface area contributed by atoms with E-state index in [1.165, 1.54) is 4.90 Å². The highest BCUT2D eigenvalue weighted by Gasteiger charge is 2.39. The second-order valence-corrected chi connectivity index (χ2v) is 8.64. The van der Waals surface area contributed by atoms with Crippen molar-refractivity contribution in [1.29, 1.82) is 0 Å². The van der Waals surface area contributed by atoms with Crippen LogP contribution >= 0.6 is 0 Å². The van der Waals surface area contributed by atoms with Crippen LogP contribution in [0.25, 0.3) is 11.3 Å². The summed E-state index contributed by atoms with van der Waals surface area (Å²) in [6, 6.07) is 5.97. The zero-order valence-electron chi connectivity index (χ0n) is 17.5. The smallest absolute Gasteiger partial charge is 0.255 e. The van der Waals surface area contributed by atoms with Crippen molar-refractivity contribution in [3.63, 3.8) is 0 Å². The van der Waals surface area contributed by atoms with E-state index in [-0.39, 0.29) is 42.6 Å². The number of carbonyl (C=O) groups is 3. The number of amides is 3. The molecule has 1 aromatic heterocycles. The van der Waals surface area contributed by atoms with Gasteiger partial charge >= 0.3 is 0 Å². The Morgan fingerprint density at radius 1 is 1.25 bits per heavy atom. The minimum absolute atomic E-state index is 0.0183. The number of aliphatic hydroxyl groups excluding tert-OH is 1. The van der Waals surface area contributed by atoms with E-state index in [1.807, 2.05) is 11.8 Å². The largest absolute Gasteiger partial charge is 0.390 e. The Kier molecular flexibility index (Phi) is 5.02. The Labute approximate surface area is 184 Å². The molecule has 0 radical (unpaired) electrons. The highest BCUT2D eigenvalue weighted by Crippen LogP contribution is 2.32. The molecule has 1 unspecified atom stereocenters. The van der Waals surface area contributed by atoms with Gasteiger partial charge in [-0.05, 0) is 37.1 Å². The van der Waals surface area contributed by atoms with Gasteiger partial charge in [0.2, 0.25) is 11.8 Å². The maximum atomic E-state index is 15.3. The maximum absolute atomic E-state index is 15.3. The molecule has 166 valence electrons. The van der Waals surface area contributed by atoms with E-state index in [0.29, 0.717) is 41.8 Å². The van der Waals surface area contributed by atoms with Crippen LogP contribution in [0.2, 0.25) is 0 Å². The number of likely N-dealkylation sites (tertiary alicyclic amines) is 1. The number of fused-ring (bicyclic) bond motifs is 1.